The van der Waals surface area contributed by atoms with E-state index in [9.17, 15) is 26.7 Å². The van der Waals surface area contributed by atoms with E-state index in [1.165, 1.54) is 0 Å². The summed E-state index contributed by atoms with van der Waals surface area (Å²) in [5, 5.41) is 0.00140. The van der Waals surface area contributed by atoms with Gasteiger partial charge in [0.05, 0.1) is 16.5 Å². The Kier molecular flexibility index (Phi) is 3.23. The molecule has 118 valence electrons. The third-order valence-corrected chi connectivity index (χ3v) is 3.84. The summed E-state index contributed by atoms with van der Waals surface area (Å²) in [6, 6.07) is 2.60. The van der Waals surface area contributed by atoms with Crippen LogP contribution in [0.4, 0.5) is 22.0 Å². The van der Waals surface area contributed by atoms with Crippen LogP contribution in [0, 0.1) is 0 Å². The Bertz CT molecular complexity index is 781. The number of nitrogens with one attached hydrogen (secondary N) is 1. The molecule has 1 saturated carbocycles. The number of aromatic amines is 1. The molecule has 0 aliphatic heterocycles. The zero-order valence-corrected chi connectivity index (χ0v) is 11.2. The van der Waals surface area contributed by atoms with Gasteiger partial charge in [0.15, 0.2) is 0 Å². The number of aromatic nitrogens is 2. The molecule has 22 heavy (non-hydrogen) atoms. The maximum Gasteiger partial charge on any atom is 0.416 e. The molecule has 0 amide bonds. The second-order valence-corrected chi connectivity index (χ2v) is 5.48. The highest BCUT2D eigenvalue weighted by Gasteiger charge is 2.41. The van der Waals surface area contributed by atoms with E-state index < -0.39 is 35.6 Å². The Labute approximate surface area is 121 Å². The molecule has 8 heteroatoms. The molecule has 3 nitrogen and oxygen atoms in total. The molecule has 1 unspecified atom stereocenters. The Hall–Kier alpha value is -1.99. The van der Waals surface area contributed by atoms with Gasteiger partial charge in [-0.25, -0.2) is 13.8 Å². The van der Waals surface area contributed by atoms with Crippen molar-refractivity contribution >= 4 is 10.9 Å². The number of nitrogens with zero attached hydrogens (tertiary/aromatic N) is 1. The molecule has 0 saturated heterocycles. The zero-order chi connectivity index (χ0) is 16.1. The number of hydrogen-bond donors (Lipinski definition) is 1. The van der Waals surface area contributed by atoms with Crippen LogP contribution in [0.2, 0.25) is 0 Å². The Morgan fingerprint density at radius 1 is 1.27 bits per heavy atom. The van der Waals surface area contributed by atoms with Crippen LogP contribution in [0.1, 0.15) is 36.6 Å². The summed E-state index contributed by atoms with van der Waals surface area (Å²) in [7, 11) is 0. The monoisotopic (exact) mass is 318 g/mol. The summed E-state index contributed by atoms with van der Waals surface area (Å²) < 4.78 is 64.6. The van der Waals surface area contributed by atoms with Crippen molar-refractivity contribution in [2.45, 2.75) is 37.3 Å². The number of benzene rings is 1. The van der Waals surface area contributed by atoms with Crippen LogP contribution in [0.15, 0.2) is 23.0 Å². The van der Waals surface area contributed by atoms with Crippen molar-refractivity contribution in [3.05, 3.63) is 39.9 Å². The minimum absolute atomic E-state index is 0.00140. The van der Waals surface area contributed by atoms with Gasteiger partial charge in [-0.1, -0.05) is 0 Å². The summed E-state index contributed by atoms with van der Waals surface area (Å²) in [5.41, 5.74) is -1.69. The van der Waals surface area contributed by atoms with Gasteiger partial charge in [0.25, 0.3) is 5.56 Å². The lowest BCUT2D eigenvalue weighted by Crippen LogP contribution is -2.16. The molecule has 1 heterocycles. The summed E-state index contributed by atoms with van der Waals surface area (Å²) in [4.78, 5) is 18.3. The van der Waals surface area contributed by atoms with E-state index >= 15 is 0 Å². The van der Waals surface area contributed by atoms with E-state index in [0.29, 0.717) is 0 Å². The molecule has 1 aliphatic rings. The van der Waals surface area contributed by atoms with Crippen LogP contribution in [0.25, 0.3) is 10.9 Å². The van der Waals surface area contributed by atoms with Crippen LogP contribution in [-0.2, 0) is 6.18 Å². The first kappa shape index (κ1) is 14.9. The van der Waals surface area contributed by atoms with E-state index in [1.54, 1.807) is 0 Å². The van der Waals surface area contributed by atoms with Gasteiger partial charge >= 0.3 is 6.18 Å². The number of alkyl halides is 5. The molecular weight excluding hydrogens is 307 g/mol. The number of halogens is 5. The smallest absolute Gasteiger partial charge is 0.310 e. The molecule has 2 aromatic rings. The van der Waals surface area contributed by atoms with Crippen LogP contribution in [0.3, 0.4) is 0 Å². The minimum Gasteiger partial charge on any atom is -0.310 e. The standard InChI is InChI=1S/C14H11F5N2O/c15-13(16)4-3-7(6-13)11-20-10-5-8(14(17,18)19)1-2-9(10)12(22)21-11/h1-2,5,7H,3-4,6H2,(H,20,21,22). The SMILES string of the molecule is O=c1[nH]c(C2CCC(F)(F)C2)nc2cc(C(F)(F)F)ccc12. The molecule has 1 N–H and O–H groups in total. The Balaban J connectivity index is 2.09. The first-order valence-corrected chi connectivity index (χ1v) is 6.65. The van der Waals surface area contributed by atoms with Gasteiger partial charge in [0, 0.05) is 18.8 Å². The van der Waals surface area contributed by atoms with E-state index in [4.69, 9.17) is 0 Å². The zero-order valence-electron chi connectivity index (χ0n) is 11.2. The van der Waals surface area contributed by atoms with Crippen molar-refractivity contribution in [3.63, 3.8) is 0 Å². The van der Waals surface area contributed by atoms with Crippen LogP contribution in [0.5, 0.6) is 0 Å². The fourth-order valence-electron chi connectivity index (χ4n) is 2.71. The third kappa shape index (κ3) is 2.69. The molecular formula is C14H11F5N2O. The van der Waals surface area contributed by atoms with Crippen molar-refractivity contribution in [1.82, 2.24) is 9.97 Å². The highest BCUT2D eigenvalue weighted by molar-refractivity contribution is 5.78. The van der Waals surface area contributed by atoms with Gasteiger partial charge in [-0.2, -0.15) is 13.2 Å². The normalized spacial score (nSPS) is 21.4. The average molecular weight is 318 g/mol. The number of H-pyrrole nitrogens is 1. The number of rotatable bonds is 1. The first-order valence-electron chi connectivity index (χ1n) is 6.65. The lowest BCUT2D eigenvalue weighted by molar-refractivity contribution is -0.137. The third-order valence-electron chi connectivity index (χ3n) is 3.84. The quantitative estimate of drug-likeness (QED) is 0.812. The van der Waals surface area contributed by atoms with Crippen molar-refractivity contribution in [1.29, 1.82) is 0 Å². The van der Waals surface area contributed by atoms with Crippen LogP contribution < -0.4 is 5.56 Å². The highest BCUT2D eigenvalue weighted by Crippen LogP contribution is 2.43. The Morgan fingerprint density at radius 3 is 2.59 bits per heavy atom. The van der Waals surface area contributed by atoms with Gasteiger partial charge < -0.3 is 4.98 Å². The molecule has 0 radical (unpaired) electrons. The average Bonchev–Trinajstić information content (AvgIpc) is 2.77. The lowest BCUT2D eigenvalue weighted by atomic mass is 10.1. The van der Waals surface area contributed by atoms with Gasteiger partial charge in [0.2, 0.25) is 5.92 Å². The van der Waals surface area contributed by atoms with Crippen molar-refractivity contribution < 1.29 is 22.0 Å². The largest absolute Gasteiger partial charge is 0.416 e. The molecule has 1 aromatic carbocycles. The van der Waals surface area contributed by atoms with Crippen LogP contribution in [-0.4, -0.2) is 15.9 Å². The van der Waals surface area contributed by atoms with E-state index in [1.807, 2.05) is 0 Å². The molecule has 1 aromatic heterocycles. The van der Waals surface area contributed by atoms with Crippen molar-refractivity contribution in [2.75, 3.05) is 0 Å². The Morgan fingerprint density at radius 2 is 2.00 bits per heavy atom. The van der Waals surface area contributed by atoms with Gasteiger partial charge in [-0.3, -0.25) is 4.79 Å². The van der Waals surface area contributed by atoms with Crippen molar-refractivity contribution in [3.8, 4) is 0 Å². The lowest BCUT2D eigenvalue weighted by Gasteiger charge is -2.12. The minimum atomic E-state index is -4.56. The number of fused-ring (bicyclic) bond motifs is 1. The summed E-state index contributed by atoms with van der Waals surface area (Å²) in [5.74, 6) is -3.46. The molecule has 1 atom stereocenters. The molecule has 1 fully saturated rings. The van der Waals surface area contributed by atoms with Gasteiger partial charge in [0.1, 0.15) is 5.82 Å². The van der Waals surface area contributed by atoms with E-state index in [2.05, 4.69) is 9.97 Å². The second kappa shape index (κ2) is 4.76. The van der Waals surface area contributed by atoms with Gasteiger partial charge in [-0.05, 0) is 24.6 Å². The first-order chi connectivity index (χ1) is 10.2. The van der Waals surface area contributed by atoms with Crippen molar-refractivity contribution in [2.24, 2.45) is 0 Å². The summed E-state index contributed by atoms with van der Waals surface area (Å²) in [6.07, 6.45) is -5.19. The molecule has 0 spiro atoms. The van der Waals surface area contributed by atoms with E-state index in [0.717, 1.165) is 18.2 Å². The summed E-state index contributed by atoms with van der Waals surface area (Å²) >= 11 is 0. The maximum absolute atomic E-state index is 13.2. The predicted octanol–water partition coefficient (Wildman–Crippen LogP) is 3.84. The molecule has 1 aliphatic carbocycles. The molecule has 0 bridgehead atoms. The molecule has 3 rings (SSSR count). The number of hydrogen-bond acceptors (Lipinski definition) is 2. The predicted molar refractivity (Wildman–Crippen MR) is 68.9 cm³/mol. The topological polar surface area (TPSA) is 45.8 Å². The maximum atomic E-state index is 13.2. The highest BCUT2D eigenvalue weighted by atomic mass is 19.4. The van der Waals surface area contributed by atoms with Crippen LogP contribution >= 0.6 is 0 Å². The van der Waals surface area contributed by atoms with Gasteiger partial charge in [-0.15, -0.1) is 0 Å². The fourth-order valence-corrected chi connectivity index (χ4v) is 2.71. The van der Waals surface area contributed by atoms with E-state index in [-0.39, 0.29) is 29.6 Å². The fraction of sp³-hybridized carbons (Fsp3) is 0.429. The summed E-state index contributed by atoms with van der Waals surface area (Å²) in [6.45, 7) is 0. The second-order valence-electron chi connectivity index (χ2n) is 5.48.